The standard InChI is InChI=1S/C18H17Cl2NO/c1-3-12-5-7-18(22-2)15(9-12)14(11-21)8-13-4-6-16(19)17(20)10-13/h4-7,9-10,14H,3,8H2,1-2H3. The van der Waals surface area contributed by atoms with E-state index >= 15 is 0 Å². The predicted octanol–water partition coefficient (Wildman–Crippen LogP) is 5.41. The average molecular weight is 334 g/mol. The van der Waals surface area contributed by atoms with E-state index in [-0.39, 0.29) is 5.92 Å². The van der Waals surface area contributed by atoms with Gasteiger partial charge in [0, 0.05) is 5.56 Å². The molecule has 2 aromatic rings. The van der Waals surface area contributed by atoms with E-state index in [4.69, 9.17) is 27.9 Å². The van der Waals surface area contributed by atoms with Gasteiger partial charge in [0.2, 0.25) is 0 Å². The van der Waals surface area contributed by atoms with Crippen LogP contribution in [-0.4, -0.2) is 7.11 Å². The number of ether oxygens (including phenoxy) is 1. The van der Waals surface area contributed by atoms with Crippen LogP contribution in [0.4, 0.5) is 0 Å². The minimum absolute atomic E-state index is 0.293. The van der Waals surface area contributed by atoms with Crippen LogP contribution in [0.1, 0.15) is 29.5 Å². The highest BCUT2D eigenvalue weighted by Crippen LogP contribution is 2.31. The zero-order valence-electron chi connectivity index (χ0n) is 12.6. The summed E-state index contributed by atoms with van der Waals surface area (Å²) in [5.41, 5.74) is 3.07. The molecular weight excluding hydrogens is 317 g/mol. The van der Waals surface area contributed by atoms with E-state index in [1.54, 1.807) is 13.2 Å². The van der Waals surface area contributed by atoms with Crippen molar-refractivity contribution in [1.29, 1.82) is 5.26 Å². The van der Waals surface area contributed by atoms with E-state index in [9.17, 15) is 5.26 Å². The molecule has 2 rings (SSSR count). The van der Waals surface area contributed by atoms with Crippen LogP contribution in [0, 0.1) is 11.3 Å². The molecule has 0 aliphatic carbocycles. The zero-order valence-corrected chi connectivity index (χ0v) is 14.1. The highest BCUT2D eigenvalue weighted by Gasteiger charge is 2.17. The highest BCUT2D eigenvalue weighted by atomic mass is 35.5. The fraction of sp³-hybridized carbons (Fsp3) is 0.278. The first-order valence-electron chi connectivity index (χ1n) is 7.09. The van der Waals surface area contributed by atoms with Gasteiger partial charge in [-0.1, -0.05) is 48.3 Å². The molecule has 0 fully saturated rings. The van der Waals surface area contributed by atoms with Gasteiger partial charge in [-0.15, -0.1) is 0 Å². The lowest BCUT2D eigenvalue weighted by Gasteiger charge is -2.15. The fourth-order valence-corrected chi connectivity index (χ4v) is 2.72. The van der Waals surface area contributed by atoms with Crippen molar-refractivity contribution in [2.45, 2.75) is 25.7 Å². The minimum atomic E-state index is -0.293. The van der Waals surface area contributed by atoms with Gasteiger partial charge >= 0.3 is 0 Å². The second-order valence-electron chi connectivity index (χ2n) is 5.06. The van der Waals surface area contributed by atoms with Crippen LogP contribution in [0.3, 0.4) is 0 Å². The molecule has 0 aromatic heterocycles. The third kappa shape index (κ3) is 3.74. The molecule has 0 aliphatic heterocycles. The van der Waals surface area contributed by atoms with E-state index in [2.05, 4.69) is 13.0 Å². The normalized spacial score (nSPS) is 11.8. The SMILES string of the molecule is CCc1ccc(OC)c(C(C#N)Cc2ccc(Cl)c(Cl)c2)c1. The molecular formula is C18H17Cl2NO. The summed E-state index contributed by atoms with van der Waals surface area (Å²) < 4.78 is 5.41. The monoisotopic (exact) mass is 333 g/mol. The van der Waals surface area contributed by atoms with Crippen LogP contribution < -0.4 is 4.74 Å². The molecule has 0 spiro atoms. The first-order valence-corrected chi connectivity index (χ1v) is 7.85. The Bertz CT molecular complexity index is 707. The number of aryl methyl sites for hydroxylation is 1. The number of hydrogen-bond acceptors (Lipinski definition) is 2. The van der Waals surface area contributed by atoms with Crippen molar-refractivity contribution >= 4 is 23.2 Å². The zero-order chi connectivity index (χ0) is 16.1. The number of benzene rings is 2. The quantitative estimate of drug-likeness (QED) is 0.732. The van der Waals surface area contributed by atoms with Crippen molar-refractivity contribution in [1.82, 2.24) is 0 Å². The number of rotatable bonds is 5. The van der Waals surface area contributed by atoms with Crippen molar-refractivity contribution in [2.75, 3.05) is 7.11 Å². The maximum absolute atomic E-state index is 9.58. The van der Waals surface area contributed by atoms with Gasteiger partial charge in [0.1, 0.15) is 5.75 Å². The van der Waals surface area contributed by atoms with Gasteiger partial charge in [-0.2, -0.15) is 5.26 Å². The van der Waals surface area contributed by atoms with Crippen molar-refractivity contribution < 1.29 is 4.74 Å². The van der Waals surface area contributed by atoms with Crippen LogP contribution in [0.15, 0.2) is 36.4 Å². The summed E-state index contributed by atoms with van der Waals surface area (Å²) in [7, 11) is 1.62. The van der Waals surface area contributed by atoms with Gasteiger partial charge in [0.05, 0.1) is 29.1 Å². The average Bonchev–Trinajstić information content (AvgIpc) is 2.55. The highest BCUT2D eigenvalue weighted by molar-refractivity contribution is 6.42. The van der Waals surface area contributed by atoms with Crippen LogP contribution in [-0.2, 0) is 12.8 Å². The first kappa shape index (κ1) is 16.7. The predicted molar refractivity (Wildman–Crippen MR) is 90.9 cm³/mol. The summed E-state index contributed by atoms with van der Waals surface area (Å²) >= 11 is 12.0. The molecule has 0 aliphatic rings. The van der Waals surface area contributed by atoms with Crippen LogP contribution in [0.2, 0.25) is 10.0 Å². The Labute approximate surface area is 141 Å². The van der Waals surface area contributed by atoms with Gasteiger partial charge in [-0.3, -0.25) is 0 Å². The molecule has 4 heteroatoms. The fourth-order valence-electron chi connectivity index (χ4n) is 2.40. The van der Waals surface area contributed by atoms with E-state index < -0.39 is 0 Å². The minimum Gasteiger partial charge on any atom is -0.496 e. The summed E-state index contributed by atoms with van der Waals surface area (Å²) in [6, 6.07) is 13.8. The lowest BCUT2D eigenvalue weighted by Crippen LogP contribution is -2.04. The van der Waals surface area contributed by atoms with Crippen molar-refractivity contribution in [3.05, 3.63) is 63.1 Å². The summed E-state index contributed by atoms with van der Waals surface area (Å²) in [4.78, 5) is 0. The molecule has 114 valence electrons. The Morgan fingerprint density at radius 2 is 1.82 bits per heavy atom. The van der Waals surface area contributed by atoms with Gasteiger partial charge in [-0.25, -0.2) is 0 Å². The maximum Gasteiger partial charge on any atom is 0.123 e. The number of hydrogen-bond donors (Lipinski definition) is 0. The molecule has 0 radical (unpaired) electrons. The molecule has 2 aromatic carbocycles. The molecule has 0 bridgehead atoms. The Balaban J connectivity index is 2.35. The van der Waals surface area contributed by atoms with Gasteiger partial charge in [-0.05, 0) is 42.2 Å². The Hall–Kier alpha value is -1.69. The van der Waals surface area contributed by atoms with Crippen molar-refractivity contribution in [2.24, 2.45) is 0 Å². The molecule has 0 saturated carbocycles. The number of nitriles is 1. The molecule has 1 unspecified atom stereocenters. The molecule has 0 N–H and O–H groups in total. The first-order chi connectivity index (χ1) is 10.6. The third-order valence-electron chi connectivity index (χ3n) is 3.66. The van der Waals surface area contributed by atoms with Crippen molar-refractivity contribution in [3.63, 3.8) is 0 Å². The van der Waals surface area contributed by atoms with E-state index in [1.165, 1.54) is 5.56 Å². The largest absolute Gasteiger partial charge is 0.496 e. The Kier molecular flexibility index (Phi) is 5.71. The lowest BCUT2D eigenvalue weighted by atomic mass is 9.91. The second-order valence-corrected chi connectivity index (χ2v) is 5.88. The third-order valence-corrected chi connectivity index (χ3v) is 4.40. The molecule has 1 atom stereocenters. The Morgan fingerprint density at radius 3 is 2.41 bits per heavy atom. The van der Waals surface area contributed by atoms with Crippen LogP contribution >= 0.6 is 23.2 Å². The van der Waals surface area contributed by atoms with E-state index in [0.717, 1.165) is 23.3 Å². The number of nitrogens with zero attached hydrogens (tertiary/aromatic N) is 1. The maximum atomic E-state index is 9.58. The molecule has 22 heavy (non-hydrogen) atoms. The number of methoxy groups -OCH3 is 1. The molecule has 2 nitrogen and oxygen atoms in total. The van der Waals surface area contributed by atoms with Crippen LogP contribution in [0.25, 0.3) is 0 Å². The lowest BCUT2D eigenvalue weighted by molar-refractivity contribution is 0.408. The summed E-state index contributed by atoms with van der Waals surface area (Å²) in [5.74, 6) is 0.447. The summed E-state index contributed by atoms with van der Waals surface area (Å²) in [6.07, 6.45) is 1.48. The smallest absolute Gasteiger partial charge is 0.123 e. The summed E-state index contributed by atoms with van der Waals surface area (Å²) in [5, 5.41) is 10.6. The Morgan fingerprint density at radius 1 is 1.09 bits per heavy atom. The van der Waals surface area contributed by atoms with Gasteiger partial charge in [0.15, 0.2) is 0 Å². The van der Waals surface area contributed by atoms with Gasteiger partial charge in [0.25, 0.3) is 0 Å². The van der Waals surface area contributed by atoms with Crippen molar-refractivity contribution in [3.8, 4) is 11.8 Å². The topological polar surface area (TPSA) is 33.0 Å². The van der Waals surface area contributed by atoms with E-state index in [1.807, 2.05) is 30.3 Å². The second kappa shape index (κ2) is 7.54. The molecule has 0 amide bonds. The van der Waals surface area contributed by atoms with E-state index in [0.29, 0.717) is 16.5 Å². The van der Waals surface area contributed by atoms with Crippen LogP contribution in [0.5, 0.6) is 5.75 Å². The van der Waals surface area contributed by atoms with Gasteiger partial charge < -0.3 is 4.74 Å². The summed E-state index contributed by atoms with van der Waals surface area (Å²) in [6.45, 7) is 2.09. The number of halogens is 2. The molecule has 0 saturated heterocycles. The molecule has 0 heterocycles.